The molecule has 0 nitrogen and oxygen atoms in total. The summed E-state index contributed by atoms with van der Waals surface area (Å²) in [7, 11) is 0. The van der Waals surface area contributed by atoms with Gasteiger partial charge in [-0.05, 0) is 53.9 Å². The van der Waals surface area contributed by atoms with Crippen LogP contribution in [0.2, 0.25) is 0 Å². The van der Waals surface area contributed by atoms with Crippen LogP contribution < -0.4 is 0 Å². The second-order valence-electron chi connectivity index (χ2n) is 5.67. The Morgan fingerprint density at radius 2 is 1.90 bits per heavy atom. The van der Waals surface area contributed by atoms with Gasteiger partial charge in [0.15, 0.2) is 0 Å². The van der Waals surface area contributed by atoms with E-state index in [0.29, 0.717) is 23.6 Å². The van der Waals surface area contributed by atoms with Gasteiger partial charge in [0.05, 0.1) is 0 Å². The van der Waals surface area contributed by atoms with Crippen LogP contribution in [0.1, 0.15) is 23.5 Å². The molecule has 0 heterocycles. The van der Waals surface area contributed by atoms with Crippen molar-refractivity contribution in [2.75, 3.05) is 5.88 Å². The van der Waals surface area contributed by atoms with Crippen molar-refractivity contribution in [2.45, 2.75) is 18.8 Å². The largest absolute Gasteiger partial charge is 0.207 e. The van der Waals surface area contributed by atoms with Gasteiger partial charge in [-0.1, -0.05) is 42.5 Å². The number of benzene rings is 2. The lowest BCUT2D eigenvalue weighted by Crippen LogP contribution is -2.10. The maximum absolute atomic E-state index is 13.2. The van der Waals surface area contributed by atoms with E-state index in [1.165, 1.54) is 18.1 Å². The van der Waals surface area contributed by atoms with E-state index in [9.17, 15) is 4.39 Å². The first-order valence-corrected chi connectivity index (χ1v) is 7.66. The molecule has 0 aliphatic heterocycles. The molecule has 1 aliphatic carbocycles. The minimum atomic E-state index is -0.161. The Bertz CT molecular complexity index is 567. The van der Waals surface area contributed by atoms with Crippen LogP contribution in [-0.4, -0.2) is 5.88 Å². The highest BCUT2D eigenvalue weighted by Gasteiger charge is 2.43. The van der Waals surface area contributed by atoms with Crippen LogP contribution in [0.15, 0.2) is 54.6 Å². The summed E-state index contributed by atoms with van der Waals surface area (Å²) in [4.78, 5) is 0. The molecule has 3 unspecified atom stereocenters. The van der Waals surface area contributed by atoms with E-state index < -0.39 is 0 Å². The molecule has 2 aromatic rings. The third-order valence-electron chi connectivity index (χ3n) is 4.26. The van der Waals surface area contributed by atoms with Crippen molar-refractivity contribution < 1.29 is 4.39 Å². The summed E-state index contributed by atoms with van der Waals surface area (Å²) in [5, 5.41) is 0. The standard InChI is InChI=1S/C18H18ClF/c19-12-15(9-13-5-4-8-16(20)10-13)18-11-17(18)14-6-2-1-3-7-14/h1-8,10,15,17-18H,9,11-12H2. The normalized spacial score (nSPS) is 22.5. The van der Waals surface area contributed by atoms with Gasteiger partial charge in [0.25, 0.3) is 0 Å². The number of hydrogen-bond acceptors (Lipinski definition) is 0. The maximum atomic E-state index is 13.2. The van der Waals surface area contributed by atoms with Gasteiger partial charge in [-0.2, -0.15) is 0 Å². The summed E-state index contributed by atoms with van der Waals surface area (Å²) in [6.07, 6.45) is 2.08. The smallest absolute Gasteiger partial charge is 0.123 e. The molecule has 0 radical (unpaired) electrons. The Morgan fingerprint density at radius 3 is 2.60 bits per heavy atom. The summed E-state index contributed by atoms with van der Waals surface area (Å²) < 4.78 is 13.2. The van der Waals surface area contributed by atoms with Gasteiger partial charge in [0.1, 0.15) is 5.82 Å². The number of rotatable bonds is 5. The Morgan fingerprint density at radius 1 is 1.10 bits per heavy atom. The highest BCUT2D eigenvalue weighted by Crippen LogP contribution is 2.52. The summed E-state index contributed by atoms with van der Waals surface area (Å²) >= 11 is 6.15. The fourth-order valence-corrected chi connectivity index (χ4v) is 3.44. The van der Waals surface area contributed by atoms with E-state index in [-0.39, 0.29) is 5.82 Å². The highest BCUT2D eigenvalue weighted by molar-refractivity contribution is 6.18. The Labute approximate surface area is 124 Å². The van der Waals surface area contributed by atoms with Gasteiger partial charge in [0.2, 0.25) is 0 Å². The molecule has 2 heteroatoms. The molecule has 0 amide bonds. The zero-order chi connectivity index (χ0) is 13.9. The third kappa shape index (κ3) is 3.04. The Hall–Kier alpha value is -1.34. The van der Waals surface area contributed by atoms with Crippen molar-refractivity contribution in [1.29, 1.82) is 0 Å². The molecule has 1 fully saturated rings. The summed E-state index contributed by atoms with van der Waals surface area (Å²) in [5.41, 5.74) is 2.46. The molecular formula is C18H18ClF. The van der Waals surface area contributed by atoms with Crippen LogP contribution in [0, 0.1) is 17.7 Å². The minimum Gasteiger partial charge on any atom is -0.207 e. The molecule has 0 bridgehead atoms. The van der Waals surface area contributed by atoms with Crippen molar-refractivity contribution in [3.63, 3.8) is 0 Å². The van der Waals surface area contributed by atoms with E-state index in [2.05, 4.69) is 24.3 Å². The predicted octanol–water partition coefficient (Wildman–Crippen LogP) is 5.03. The van der Waals surface area contributed by atoms with Crippen molar-refractivity contribution in [3.8, 4) is 0 Å². The molecule has 0 aromatic heterocycles. The molecule has 1 saturated carbocycles. The van der Waals surface area contributed by atoms with E-state index in [0.717, 1.165) is 12.0 Å². The van der Waals surface area contributed by atoms with Crippen molar-refractivity contribution in [3.05, 3.63) is 71.5 Å². The van der Waals surface area contributed by atoms with Gasteiger partial charge in [-0.25, -0.2) is 4.39 Å². The van der Waals surface area contributed by atoms with E-state index in [4.69, 9.17) is 11.6 Å². The molecule has 104 valence electrons. The van der Waals surface area contributed by atoms with Gasteiger partial charge < -0.3 is 0 Å². The van der Waals surface area contributed by atoms with Crippen molar-refractivity contribution in [2.24, 2.45) is 11.8 Å². The first-order valence-electron chi connectivity index (χ1n) is 7.13. The molecule has 3 atom stereocenters. The molecule has 3 rings (SSSR count). The second-order valence-corrected chi connectivity index (χ2v) is 5.97. The molecule has 2 aromatic carbocycles. The average molecular weight is 289 g/mol. The lowest BCUT2D eigenvalue weighted by molar-refractivity contribution is 0.499. The molecule has 0 saturated heterocycles. The fourth-order valence-electron chi connectivity index (χ4n) is 3.11. The van der Waals surface area contributed by atoms with Gasteiger partial charge in [0, 0.05) is 5.88 Å². The molecule has 0 N–H and O–H groups in total. The molecular weight excluding hydrogens is 271 g/mol. The SMILES string of the molecule is Fc1cccc(CC(CCl)C2CC2c2ccccc2)c1. The summed E-state index contributed by atoms with van der Waals surface area (Å²) in [5.74, 6) is 2.19. The first kappa shape index (κ1) is 13.6. The van der Waals surface area contributed by atoms with Gasteiger partial charge in [-0.3, -0.25) is 0 Å². The lowest BCUT2D eigenvalue weighted by atomic mass is 9.94. The summed E-state index contributed by atoms with van der Waals surface area (Å²) in [6, 6.07) is 17.5. The zero-order valence-corrected chi connectivity index (χ0v) is 12.1. The monoisotopic (exact) mass is 288 g/mol. The number of hydrogen-bond donors (Lipinski definition) is 0. The van der Waals surface area contributed by atoms with Crippen LogP contribution in [0.25, 0.3) is 0 Å². The van der Waals surface area contributed by atoms with Crippen LogP contribution in [-0.2, 0) is 6.42 Å². The molecule has 1 aliphatic rings. The fraction of sp³-hybridized carbons (Fsp3) is 0.333. The molecule has 20 heavy (non-hydrogen) atoms. The third-order valence-corrected chi connectivity index (χ3v) is 4.65. The predicted molar refractivity (Wildman–Crippen MR) is 81.6 cm³/mol. The number of alkyl halides is 1. The van der Waals surface area contributed by atoms with Crippen molar-refractivity contribution >= 4 is 11.6 Å². The van der Waals surface area contributed by atoms with E-state index >= 15 is 0 Å². The Kier molecular flexibility index (Phi) is 4.07. The highest BCUT2D eigenvalue weighted by atomic mass is 35.5. The molecule has 0 spiro atoms. The quantitative estimate of drug-likeness (QED) is 0.677. The van der Waals surface area contributed by atoms with E-state index in [1.54, 1.807) is 12.1 Å². The second kappa shape index (κ2) is 5.97. The van der Waals surface area contributed by atoms with Crippen LogP contribution in [0.3, 0.4) is 0 Å². The van der Waals surface area contributed by atoms with Crippen LogP contribution in [0.4, 0.5) is 4.39 Å². The zero-order valence-electron chi connectivity index (χ0n) is 11.3. The summed E-state index contributed by atoms with van der Waals surface area (Å²) in [6.45, 7) is 0. The maximum Gasteiger partial charge on any atom is 0.123 e. The average Bonchev–Trinajstić information content (AvgIpc) is 3.26. The van der Waals surface area contributed by atoms with E-state index in [1.807, 2.05) is 12.1 Å². The van der Waals surface area contributed by atoms with Gasteiger partial charge in [-0.15, -0.1) is 11.6 Å². The minimum absolute atomic E-state index is 0.161. The van der Waals surface area contributed by atoms with Crippen LogP contribution in [0.5, 0.6) is 0 Å². The van der Waals surface area contributed by atoms with Gasteiger partial charge >= 0.3 is 0 Å². The first-order chi connectivity index (χ1) is 9.78. The topological polar surface area (TPSA) is 0 Å². The van der Waals surface area contributed by atoms with Crippen LogP contribution >= 0.6 is 11.6 Å². The number of halogens is 2. The Balaban J connectivity index is 1.67. The van der Waals surface area contributed by atoms with Crippen molar-refractivity contribution in [1.82, 2.24) is 0 Å². The lowest BCUT2D eigenvalue weighted by Gasteiger charge is -2.14.